The highest BCUT2D eigenvalue weighted by molar-refractivity contribution is 9.12. The molecule has 3 heteroatoms. The third kappa shape index (κ3) is 2.37. The van der Waals surface area contributed by atoms with E-state index in [1.807, 2.05) is 6.07 Å². The van der Waals surface area contributed by atoms with E-state index < -0.39 is 0 Å². The molecule has 5 rings (SSSR count). The Labute approximate surface area is 162 Å². The average molecular weight is 451 g/mol. The molecule has 0 aromatic heterocycles. The van der Waals surface area contributed by atoms with Crippen molar-refractivity contribution in [2.24, 2.45) is 4.99 Å². The number of allylic oxidation sites excluding steroid dienone is 2. The van der Waals surface area contributed by atoms with E-state index in [1.165, 1.54) is 27.5 Å². The maximum absolute atomic E-state index is 4.94. The van der Waals surface area contributed by atoms with Crippen LogP contribution in [0, 0.1) is 0 Å². The van der Waals surface area contributed by atoms with E-state index in [9.17, 15) is 0 Å². The molecule has 3 aromatic rings. The fourth-order valence-corrected chi connectivity index (χ4v) is 4.87. The van der Waals surface area contributed by atoms with Crippen molar-refractivity contribution in [1.29, 1.82) is 0 Å². The molecule has 0 fully saturated rings. The number of para-hydroxylation sites is 1. The van der Waals surface area contributed by atoms with Gasteiger partial charge in [-0.2, -0.15) is 0 Å². The summed E-state index contributed by atoms with van der Waals surface area (Å²) in [5, 5.41) is 2.27. The predicted molar refractivity (Wildman–Crippen MR) is 110 cm³/mol. The predicted octanol–water partition coefficient (Wildman–Crippen LogP) is 5.59. The first-order valence-electron chi connectivity index (χ1n) is 8.17. The van der Waals surface area contributed by atoms with Gasteiger partial charge in [0.15, 0.2) is 0 Å². The zero-order valence-corrected chi connectivity index (χ0v) is 16.4. The van der Waals surface area contributed by atoms with Gasteiger partial charge in [-0.3, -0.25) is 0 Å². The van der Waals surface area contributed by atoms with Gasteiger partial charge in [0.1, 0.15) is 0 Å². The maximum Gasteiger partial charge on any atom is 0.0803 e. The molecule has 1 nitrogen and oxygen atoms in total. The second-order valence-electron chi connectivity index (χ2n) is 6.30. The lowest BCUT2D eigenvalue weighted by molar-refractivity contribution is 0.994. The Hall–Kier alpha value is -1.97. The maximum atomic E-state index is 4.94. The smallest absolute Gasteiger partial charge is 0.0803 e. The number of hydrogen-bond donors (Lipinski definition) is 0. The Balaban J connectivity index is 1.85. The van der Waals surface area contributed by atoms with E-state index in [4.69, 9.17) is 4.99 Å². The largest absolute Gasteiger partial charge is 0.247 e. The van der Waals surface area contributed by atoms with Crippen molar-refractivity contribution in [1.82, 2.24) is 0 Å². The Bertz CT molecular complexity index is 1160. The molecular weight excluding hydrogens is 438 g/mol. The lowest BCUT2D eigenvalue weighted by Gasteiger charge is -2.20. The van der Waals surface area contributed by atoms with E-state index in [-0.39, 0.29) is 5.92 Å². The van der Waals surface area contributed by atoms with Crippen LogP contribution >= 0.6 is 31.9 Å². The van der Waals surface area contributed by atoms with E-state index >= 15 is 0 Å². The Kier molecular flexibility index (Phi) is 3.54. The molecule has 0 saturated heterocycles. The van der Waals surface area contributed by atoms with Gasteiger partial charge in [0.2, 0.25) is 0 Å². The molecule has 3 aromatic carbocycles. The number of benzene rings is 3. The Morgan fingerprint density at radius 1 is 0.880 bits per heavy atom. The quantitative estimate of drug-likeness (QED) is 0.358. The topological polar surface area (TPSA) is 12.4 Å². The van der Waals surface area contributed by atoms with Gasteiger partial charge in [-0.1, -0.05) is 86.5 Å². The van der Waals surface area contributed by atoms with E-state index in [0.29, 0.717) is 0 Å². The van der Waals surface area contributed by atoms with Gasteiger partial charge in [-0.15, -0.1) is 0 Å². The van der Waals surface area contributed by atoms with Crippen LogP contribution in [0.25, 0.3) is 17.2 Å². The third-order valence-electron chi connectivity index (χ3n) is 4.83. The summed E-state index contributed by atoms with van der Waals surface area (Å²) < 4.78 is 2.21. The number of rotatable bonds is 1. The van der Waals surface area contributed by atoms with Gasteiger partial charge >= 0.3 is 0 Å². The fourth-order valence-electron chi connectivity index (χ4n) is 3.73. The van der Waals surface area contributed by atoms with Crippen molar-refractivity contribution in [2.45, 2.75) is 5.92 Å². The van der Waals surface area contributed by atoms with Crippen molar-refractivity contribution in [2.75, 3.05) is 0 Å². The van der Waals surface area contributed by atoms with E-state index in [2.05, 4.69) is 98.6 Å². The lowest BCUT2D eigenvalue weighted by atomic mass is 9.86. The number of hydrogen-bond acceptors (Lipinski definition) is 1. The minimum absolute atomic E-state index is 0.219. The second-order valence-corrected chi connectivity index (χ2v) is 8.07. The molecule has 2 aliphatic rings. The average Bonchev–Trinajstić information content (AvgIpc) is 3.03. The van der Waals surface area contributed by atoms with Gasteiger partial charge in [0, 0.05) is 31.2 Å². The number of halogens is 2. The summed E-state index contributed by atoms with van der Waals surface area (Å²) in [6.45, 7) is 0. The normalized spacial score (nSPS) is 16.9. The first-order valence-corrected chi connectivity index (χ1v) is 9.75. The molecule has 1 heterocycles. The Morgan fingerprint density at radius 3 is 2.48 bits per heavy atom. The Morgan fingerprint density at radius 2 is 1.64 bits per heavy atom. The van der Waals surface area contributed by atoms with Crippen LogP contribution in [-0.2, 0) is 0 Å². The third-order valence-corrected chi connectivity index (χ3v) is 5.95. The van der Waals surface area contributed by atoms with Crippen LogP contribution < -0.4 is 10.6 Å². The summed E-state index contributed by atoms with van der Waals surface area (Å²) in [4.78, 5) is 4.94. The van der Waals surface area contributed by atoms with Crippen LogP contribution in [0.5, 0.6) is 0 Å². The molecule has 1 unspecified atom stereocenters. The van der Waals surface area contributed by atoms with Crippen molar-refractivity contribution >= 4 is 43.6 Å². The molecule has 1 aliphatic heterocycles. The van der Waals surface area contributed by atoms with Crippen LogP contribution in [0.2, 0.25) is 0 Å². The highest BCUT2D eigenvalue weighted by Crippen LogP contribution is 2.38. The molecule has 0 spiro atoms. The zero-order valence-electron chi connectivity index (χ0n) is 13.2. The summed E-state index contributed by atoms with van der Waals surface area (Å²) in [6, 6.07) is 21.2. The molecule has 0 N–H and O–H groups in total. The van der Waals surface area contributed by atoms with Gasteiger partial charge in [-0.05, 0) is 29.3 Å². The summed E-state index contributed by atoms with van der Waals surface area (Å²) in [5.41, 5.74) is 6.01. The van der Waals surface area contributed by atoms with Gasteiger partial charge in [0.05, 0.1) is 11.0 Å². The van der Waals surface area contributed by atoms with Crippen molar-refractivity contribution < 1.29 is 0 Å². The first-order chi connectivity index (χ1) is 12.2. The van der Waals surface area contributed by atoms with Crippen LogP contribution in [0.4, 0.5) is 5.69 Å². The molecule has 0 saturated carbocycles. The zero-order chi connectivity index (χ0) is 17.0. The highest BCUT2D eigenvalue weighted by Gasteiger charge is 2.24. The molecule has 0 bridgehead atoms. The van der Waals surface area contributed by atoms with Crippen LogP contribution in [0.15, 0.2) is 80.7 Å². The van der Waals surface area contributed by atoms with Gasteiger partial charge in [0.25, 0.3) is 0 Å². The molecule has 0 radical (unpaired) electrons. The summed E-state index contributed by atoms with van der Waals surface area (Å²) in [7, 11) is 0. The number of nitrogens with zero attached hydrogens (tertiary/aromatic N) is 1. The summed E-state index contributed by atoms with van der Waals surface area (Å²) >= 11 is 7.52. The molecule has 120 valence electrons. The number of fused-ring (bicyclic) bond motifs is 5. The standard InChI is InChI=1S/C22H13Br2N/c23-14-10-16(13-6-2-1-3-7-13)17-12-19(24)21-15-8-4-5-9-20(15)25-22(21)18(17)11-14/h1-12,16H. The second kappa shape index (κ2) is 5.79. The molecule has 1 aliphatic carbocycles. The SMILES string of the molecule is BrC1=CC(c2ccccc2)c2cc(Br)c3c(c2=C1)=Nc1ccccc1-3. The van der Waals surface area contributed by atoms with Crippen LogP contribution in [-0.4, -0.2) is 0 Å². The molecule has 25 heavy (non-hydrogen) atoms. The van der Waals surface area contributed by atoms with Gasteiger partial charge < -0.3 is 0 Å². The summed E-state index contributed by atoms with van der Waals surface area (Å²) in [6.07, 6.45) is 4.45. The first kappa shape index (κ1) is 15.3. The van der Waals surface area contributed by atoms with Crippen LogP contribution in [0.3, 0.4) is 0 Å². The molecular formula is C22H13Br2N. The fraction of sp³-hybridized carbons (Fsp3) is 0.0455. The summed E-state index contributed by atoms with van der Waals surface area (Å²) in [5.74, 6) is 0.219. The molecule has 0 amide bonds. The monoisotopic (exact) mass is 449 g/mol. The van der Waals surface area contributed by atoms with Crippen LogP contribution in [0.1, 0.15) is 17.0 Å². The minimum Gasteiger partial charge on any atom is -0.247 e. The lowest BCUT2D eigenvalue weighted by Crippen LogP contribution is -2.32. The molecule has 1 atom stereocenters. The van der Waals surface area contributed by atoms with Gasteiger partial charge in [-0.25, -0.2) is 4.99 Å². The van der Waals surface area contributed by atoms with E-state index in [1.54, 1.807) is 0 Å². The highest BCUT2D eigenvalue weighted by atomic mass is 79.9. The minimum atomic E-state index is 0.219. The van der Waals surface area contributed by atoms with E-state index in [0.717, 1.165) is 20.0 Å². The van der Waals surface area contributed by atoms with Crippen molar-refractivity contribution in [3.8, 4) is 11.1 Å². The van der Waals surface area contributed by atoms with Crippen molar-refractivity contribution in [3.63, 3.8) is 0 Å². The van der Waals surface area contributed by atoms with Crippen molar-refractivity contribution in [3.05, 3.63) is 97.4 Å².